The van der Waals surface area contributed by atoms with Gasteiger partial charge in [-0.15, -0.1) is 0 Å². The number of carbonyl (C=O) groups is 1. The van der Waals surface area contributed by atoms with Crippen molar-refractivity contribution in [1.82, 2.24) is 0 Å². The molecule has 3 N–H and O–H groups in total. The van der Waals surface area contributed by atoms with Gasteiger partial charge in [-0.1, -0.05) is 32.4 Å². The molecule has 0 bridgehead atoms. The number of nitrogens with one attached hydrogen (secondary N) is 1. The molecule has 3 nitrogen and oxygen atoms in total. The van der Waals surface area contributed by atoms with E-state index in [9.17, 15) is 4.79 Å². The van der Waals surface area contributed by atoms with Gasteiger partial charge >= 0.3 is 0 Å². The van der Waals surface area contributed by atoms with Gasteiger partial charge < -0.3 is 11.1 Å². The summed E-state index contributed by atoms with van der Waals surface area (Å²) in [6, 6.07) is 5.75. The van der Waals surface area contributed by atoms with Crippen LogP contribution >= 0.6 is 0 Å². The molecular formula is C16H24N2O. The van der Waals surface area contributed by atoms with Crippen LogP contribution in [0.2, 0.25) is 0 Å². The molecule has 2 rings (SSSR count). The zero-order valence-electron chi connectivity index (χ0n) is 11.9. The van der Waals surface area contributed by atoms with Crippen LogP contribution in [0.15, 0.2) is 18.2 Å². The van der Waals surface area contributed by atoms with Gasteiger partial charge in [0.2, 0.25) is 5.91 Å². The van der Waals surface area contributed by atoms with Crippen LogP contribution in [0.5, 0.6) is 0 Å². The SMILES string of the molecule is CCC(C)[C@H](N)C(=O)Nc1cccc2c1CCCC2. The van der Waals surface area contributed by atoms with E-state index in [1.54, 1.807) is 0 Å². The Hall–Kier alpha value is -1.35. The topological polar surface area (TPSA) is 55.1 Å². The molecule has 1 aromatic carbocycles. The average Bonchev–Trinajstić information content (AvgIpc) is 2.46. The lowest BCUT2D eigenvalue weighted by molar-refractivity contribution is -0.118. The number of hydrogen-bond donors (Lipinski definition) is 2. The van der Waals surface area contributed by atoms with Crippen LogP contribution in [0.3, 0.4) is 0 Å². The number of amides is 1. The second kappa shape index (κ2) is 6.20. The smallest absolute Gasteiger partial charge is 0.241 e. The van der Waals surface area contributed by atoms with Gasteiger partial charge in [0.15, 0.2) is 0 Å². The molecule has 1 amide bonds. The largest absolute Gasteiger partial charge is 0.324 e. The van der Waals surface area contributed by atoms with Crippen LogP contribution in [0.1, 0.15) is 44.2 Å². The first-order chi connectivity index (χ1) is 9.13. The summed E-state index contributed by atoms with van der Waals surface area (Å²) in [6.07, 6.45) is 5.55. The molecule has 0 radical (unpaired) electrons. The Bertz CT molecular complexity index is 456. The van der Waals surface area contributed by atoms with E-state index in [2.05, 4.69) is 18.3 Å². The first-order valence-electron chi connectivity index (χ1n) is 7.30. The molecule has 0 heterocycles. The molecule has 0 spiro atoms. The molecular weight excluding hydrogens is 236 g/mol. The summed E-state index contributed by atoms with van der Waals surface area (Å²) >= 11 is 0. The van der Waals surface area contributed by atoms with Crippen LogP contribution in [0.25, 0.3) is 0 Å². The second-order valence-electron chi connectivity index (χ2n) is 5.55. The number of fused-ring (bicyclic) bond motifs is 1. The molecule has 0 fully saturated rings. The van der Waals surface area contributed by atoms with Crippen LogP contribution in [-0.4, -0.2) is 11.9 Å². The molecule has 1 aliphatic rings. The molecule has 1 aliphatic carbocycles. The minimum atomic E-state index is -0.426. The third-order valence-electron chi connectivity index (χ3n) is 4.21. The van der Waals surface area contributed by atoms with E-state index in [0.29, 0.717) is 0 Å². The summed E-state index contributed by atoms with van der Waals surface area (Å²) in [5.41, 5.74) is 9.62. The second-order valence-corrected chi connectivity index (χ2v) is 5.55. The van der Waals surface area contributed by atoms with Crippen molar-refractivity contribution >= 4 is 11.6 Å². The van der Waals surface area contributed by atoms with Gasteiger partial charge in [-0.05, 0) is 48.8 Å². The lowest BCUT2D eigenvalue weighted by Gasteiger charge is -2.22. The van der Waals surface area contributed by atoms with Gasteiger partial charge in [0.25, 0.3) is 0 Å². The Kier molecular flexibility index (Phi) is 4.59. The van der Waals surface area contributed by atoms with Gasteiger partial charge in [0.05, 0.1) is 6.04 Å². The molecule has 0 aromatic heterocycles. The van der Waals surface area contributed by atoms with Gasteiger partial charge in [-0.2, -0.15) is 0 Å². The van der Waals surface area contributed by atoms with Crippen molar-refractivity contribution < 1.29 is 4.79 Å². The number of benzene rings is 1. The van der Waals surface area contributed by atoms with Gasteiger partial charge in [-0.3, -0.25) is 4.79 Å². The average molecular weight is 260 g/mol. The highest BCUT2D eigenvalue weighted by Crippen LogP contribution is 2.28. The lowest BCUT2D eigenvalue weighted by atomic mass is 9.90. The van der Waals surface area contributed by atoms with Gasteiger partial charge in [-0.25, -0.2) is 0 Å². The fourth-order valence-corrected chi connectivity index (χ4v) is 2.63. The maximum Gasteiger partial charge on any atom is 0.241 e. The molecule has 1 unspecified atom stereocenters. The number of carbonyl (C=O) groups excluding carboxylic acids is 1. The number of hydrogen-bond acceptors (Lipinski definition) is 2. The minimum Gasteiger partial charge on any atom is -0.324 e. The van der Waals surface area contributed by atoms with Gasteiger partial charge in [0, 0.05) is 5.69 Å². The first kappa shape index (κ1) is 14.1. The van der Waals surface area contributed by atoms with E-state index in [4.69, 9.17) is 5.73 Å². The normalized spacial score (nSPS) is 17.4. The first-order valence-corrected chi connectivity index (χ1v) is 7.30. The molecule has 19 heavy (non-hydrogen) atoms. The quantitative estimate of drug-likeness (QED) is 0.874. The lowest BCUT2D eigenvalue weighted by Crippen LogP contribution is -2.40. The van der Waals surface area contributed by atoms with E-state index in [1.165, 1.54) is 24.0 Å². The third-order valence-corrected chi connectivity index (χ3v) is 4.21. The number of anilines is 1. The third kappa shape index (κ3) is 3.16. The summed E-state index contributed by atoms with van der Waals surface area (Å²) in [5.74, 6) is 0.146. The number of rotatable bonds is 4. The van der Waals surface area contributed by atoms with Crippen molar-refractivity contribution in [2.24, 2.45) is 11.7 Å². The van der Waals surface area contributed by atoms with Crippen molar-refractivity contribution in [3.8, 4) is 0 Å². The molecule has 0 aliphatic heterocycles. The summed E-state index contributed by atoms with van der Waals surface area (Å²) in [4.78, 5) is 12.2. The fraction of sp³-hybridized carbons (Fsp3) is 0.562. The standard InChI is InChI=1S/C16H24N2O/c1-3-11(2)15(17)16(19)18-14-10-6-8-12-7-4-5-9-13(12)14/h6,8,10-11,15H,3-5,7,9,17H2,1-2H3,(H,18,19)/t11?,15-/m0/s1. The Morgan fingerprint density at radius 1 is 1.37 bits per heavy atom. The maximum atomic E-state index is 12.2. The summed E-state index contributed by atoms with van der Waals surface area (Å²) in [5, 5.41) is 3.02. The van der Waals surface area contributed by atoms with Crippen LogP contribution in [0.4, 0.5) is 5.69 Å². The molecule has 0 saturated heterocycles. The molecule has 1 aromatic rings. The zero-order valence-corrected chi connectivity index (χ0v) is 11.9. The minimum absolute atomic E-state index is 0.0617. The van der Waals surface area contributed by atoms with E-state index in [0.717, 1.165) is 24.9 Å². The van der Waals surface area contributed by atoms with E-state index < -0.39 is 6.04 Å². The van der Waals surface area contributed by atoms with Gasteiger partial charge in [0.1, 0.15) is 0 Å². The Morgan fingerprint density at radius 3 is 2.84 bits per heavy atom. The van der Waals surface area contributed by atoms with Crippen molar-refractivity contribution in [2.45, 2.75) is 52.0 Å². The molecule has 3 heteroatoms. The number of nitrogens with two attached hydrogens (primary N) is 1. The van der Waals surface area contributed by atoms with Crippen molar-refractivity contribution in [3.63, 3.8) is 0 Å². The summed E-state index contributed by atoms with van der Waals surface area (Å²) in [7, 11) is 0. The van der Waals surface area contributed by atoms with Crippen LogP contribution in [0, 0.1) is 5.92 Å². The summed E-state index contributed by atoms with van der Waals surface area (Å²) < 4.78 is 0. The highest BCUT2D eigenvalue weighted by Gasteiger charge is 2.21. The maximum absolute atomic E-state index is 12.2. The molecule has 2 atom stereocenters. The molecule has 104 valence electrons. The predicted molar refractivity (Wildman–Crippen MR) is 79.1 cm³/mol. The monoisotopic (exact) mass is 260 g/mol. The Balaban J connectivity index is 2.13. The van der Waals surface area contributed by atoms with Crippen molar-refractivity contribution in [1.29, 1.82) is 0 Å². The van der Waals surface area contributed by atoms with Crippen LogP contribution in [-0.2, 0) is 17.6 Å². The predicted octanol–water partition coefficient (Wildman–Crippen LogP) is 2.88. The number of aryl methyl sites for hydroxylation is 1. The Labute approximate surface area is 115 Å². The highest BCUT2D eigenvalue weighted by molar-refractivity contribution is 5.95. The summed E-state index contributed by atoms with van der Waals surface area (Å²) in [6.45, 7) is 4.08. The van der Waals surface area contributed by atoms with E-state index in [1.807, 2.05) is 19.1 Å². The van der Waals surface area contributed by atoms with E-state index >= 15 is 0 Å². The van der Waals surface area contributed by atoms with E-state index in [-0.39, 0.29) is 11.8 Å². The zero-order chi connectivity index (χ0) is 13.8. The highest BCUT2D eigenvalue weighted by atomic mass is 16.2. The van der Waals surface area contributed by atoms with Crippen molar-refractivity contribution in [3.05, 3.63) is 29.3 Å². The Morgan fingerprint density at radius 2 is 2.11 bits per heavy atom. The van der Waals surface area contributed by atoms with Crippen molar-refractivity contribution in [2.75, 3.05) is 5.32 Å². The molecule has 0 saturated carbocycles. The van der Waals surface area contributed by atoms with Crippen LogP contribution < -0.4 is 11.1 Å². The fourth-order valence-electron chi connectivity index (χ4n) is 2.63.